The molecule has 1 aromatic rings. The molecule has 116 valence electrons. The average Bonchev–Trinajstić information content (AvgIpc) is 2.65. The van der Waals surface area contributed by atoms with Crippen molar-refractivity contribution >= 4 is 38.9 Å². The smallest absolute Gasteiger partial charge is 0.137 e. The van der Waals surface area contributed by atoms with Crippen LogP contribution in [0.15, 0.2) is 34.8 Å². The van der Waals surface area contributed by atoms with Crippen molar-refractivity contribution in [2.24, 2.45) is 0 Å². The Labute approximate surface area is 144 Å². The van der Waals surface area contributed by atoms with Crippen molar-refractivity contribution in [2.75, 3.05) is 6.54 Å². The zero-order chi connectivity index (χ0) is 15.6. The van der Waals surface area contributed by atoms with E-state index in [0.29, 0.717) is 11.6 Å². The molecule has 21 heavy (non-hydrogen) atoms. The van der Waals surface area contributed by atoms with E-state index < -0.39 is 11.4 Å². The van der Waals surface area contributed by atoms with Crippen LogP contribution in [0.3, 0.4) is 0 Å². The van der Waals surface area contributed by atoms with E-state index in [4.69, 9.17) is 11.6 Å². The maximum absolute atomic E-state index is 12.9. The molecule has 0 aromatic heterocycles. The standard InChI is InChI=1S/C16H21BrClNOS/c1-16(2,3)21(20)19-10-6-4-5-7-15(19)13-11-12(18)8-9-14(13)17/h4,6,8-9,11,15H,5,7,10H2,1-3H3. The minimum Gasteiger partial charge on any atom is -0.597 e. The van der Waals surface area contributed by atoms with Crippen LogP contribution in [-0.2, 0) is 11.4 Å². The predicted molar refractivity (Wildman–Crippen MR) is 94.9 cm³/mol. The number of hydrogen-bond acceptors (Lipinski definition) is 2. The minimum absolute atomic E-state index is 0.105. The lowest BCUT2D eigenvalue weighted by Crippen LogP contribution is -2.44. The molecule has 1 aliphatic heterocycles. The molecule has 1 heterocycles. The van der Waals surface area contributed by atoms with Gasteiger partial charge in [0, 0.05) is 20.9 Å². The highest BCUT2D eigenvalue weighted by molar-refractivity contribution is 9.10. The zero-order valence-electron chi connectivity index (χ0n) is 12.6. The number of rotatable bonds is 2. The van der Waals surface area contributed by atoms with E-state index >= 15 is 0 Å². The van der Waals surface area contributed by atoms with Gasteiger partial charge in [-0.15, -0.1) is 4.31 Å². The topological polar surface area (TPSA) is 26.3 Å². The highest BCUT2D eigenvalue weighted by Crippen LogP contribution is 2.38. The second-order valence-corrected chi connectivity index (χ2v) is 9.67. The van der Waals surface area contributed by atoms with Crippen molar-refractivity contribution < 1.29 is 4.55 Å². The van der Waals surface area contributed by atoms with Gasteiger partial charge in [0.15, 0.2) is 0 Å². The van der Waals surface area contributed by atoms with Crippen LogP contribution in [0.4, 0.5) is 0 Å². The number of nitrogens with zero attached hydrogens (tertiary/aromatic N) is 1. The van der Waals surface area contributed by atoms with Gasteiger partial charge in [0.1, 0.15) is 4.75 Å². The van der Waals surface area contributed by atoms with Gasteiger partial charge in [-0.05, 0) is 57.4 Å². The first kappa shape index (κ1) is 17.4. The normalized spacial score (nSPS) is 22.1. The Morgan fingerprint density at radius 3 is 2.71 bits per heavy atom. The van der Waals surface area contributed by atoms with Crippen LogP contribution in [0, 0.1) is 0 Å². The molecule has 0 fully saturated rings. The molecular formula is C16H21BrClNOS. The Hall–Kier alpha value is -0.0000000000000000555. The fourth-order valence-corrected chi connectivity index (χ4v) is 4.50. The molecule has 5 heteroatoms. The van der Waals surface area contributed by atoms with E-state index in [2.05, 4.69) is 32.4 Å². The van der Waals surface area contributed by atoms with E-state index in [-0.39, 0.29) is 10.8 Å². The van der Waals surface area contributed by atoms with E-state index in [1.165, 1.54) is 0 Å². The number of allylic oxidation sites excluding steroid dienone is 1. The lowest BCUT2D eigenvalue weighted by molar-refractivity contribution is 0.329. The van der Waals surface area contributed by atoms with E-state index in [1.807, 2.05) is 39.0 Å². The summed E-state index contributed by atoms with van der Waals surface area (Å²) in [5.41, 5.74) is 1.11. The predicted octanol–water partition coefficient (Wildman–Crippen LogP) is 5.26. The Bertz CT molecular complexity index is 529. The summed E-state index contributed by atoms with van der Waals surface area (Å²) in [5, 5.41) is 0.715. The Morgan fingerprint density at radius 2 is 2.05 bits per heavy atom. The van der Waals surface area contributed by atoms with Gasteiger partial charge in [-0.1, -0.05) is 39.7 Å². The van der Waals surface area contributed by atoms with Crippen molar-refractivity contribution in [3.63, 3.8) is 0 Å². The largest absolute Gasteiger partial charge is 0.597 e. The first-order chi connectivity index (χ1) is 9.80. The van der Waals surface area contributed by atoms with E-state index in [9.17, 15) is 4.55 Å². The van der Waals surface area contributed by atoms with Crippen LogP contribution in [0.5, 0.6) is 0 Å². The third-order valence-corrected chi connectivity index (χ3v) is 6.29. The Morgan fingerprint density at radius 1 is 1.33 bits per heavy atom. The first-order valence-corrected chi connectivity index (χ1v) is 9.37. The van der Waals surface area contributed by atoms with Gasteiger partial charge in [-0.2, -0.15) is 0 Å². The molecule has 0 aliphatic carbocycles. The van der Waals surface area contributed by atoms with Crippen molar-refractivity contribution in [3.05, 3.63) is 45.4 Å². The number of benzene rings is 1. The van der Waals surface area contributed by atoms with Crippen molar-refractivity contribution in [1.29, 1.82) is 0 Å². The Balaban J connectivity index is 2.39. The fraction of sp³-hybridized carbons (Fsp3) is 0.500. The van der Waals surface area contributed by atoms with Gasteiger partial charge >= 0.3 is 0 Å². The molecule has 2 unspecified atom stereocenters. The van der Waals surface area contributed by atoms with E-state index in [0.717, 1.165) is 22.9 Å². The van der Waals surface area contributed by atoms with Gasteiger partial charge in [0.25, 0.3) is 0 Å². The summed E-state index contributed by atoms with van der Waals surface area (Å²) < 4.78 is 15.7. The highest BCUT2D eigenvalue weighted by atomic mass is 79.9. The van der Waals surface area contributed by atoms with Crippen LogP contribution < -0.4 is 0 Å². The maximum Gasteiger partial charge on any atom is 0.137 e. The van der Waals surface area contributed by atoms with Gasteiger partial charge in [-0.25, -0.2) is 0 Å². The molecule has 0 bridgehead atoms. The number of halogens is 2. The first-order valence-electron chi connectivity index (χ1n) is 7.09. The van der Waals surface area contributed by atoms with Crippen molar-refractivity contribution in [2.45, 2.75) is 44.4 Å². The molecule has 0 amide bonds. The summed E-state index contributed by atoms with van der Waals surface area (Å²) in [4.78, 5) is 0. The summed E-state index contributed by atoms with van der Waals surface area (Å²) in [6, 6.07) is 5.92. The molecule has 2 nitrogen and oxygen atoms in total. The summed E-state index contributed by atoms with van der Waals surface area (Å²) in [6.07, 6.45) is 6.21. The van der Waals surface area contributed by atoms with E-state index in [1.54, 1.807) is 0 Å². The monoisotopic (exact) mass is 389 g/mol. The van der Waals surface area contributed by atoms with Crippen LogP contribution in [0.1, 0.15) is 45.2 Å². The number of hydrogen-bond donors (Lipinski definition) is 0. The molecule has 0 radical (unpaired) electrons. The average molecular weight is 391 g/mol. The summed E-state index contributed by atoms with van der Waals surface area (Å²) >= 11 is 8.71. The third-order valence-electron chi connectivity index (χ3n) is 3.46. The molecule has 1 aliphatic rings. The van der Waals surface area contributed by atoms with Crippen molar-refractivity contribution in [3.8, 4) is 0 Å². The van der Waals surface area contributed by atoms with Crippen LogP contribution in [0.2, 0.25) is 5.02 Å². The van der Waals surface area contributed by atoms with Crippen LogP contribution in [-0.4, -0.2) is 20.1 Å². The quantitative estimate of drug-likeness (QED) is 0.508. The van der Waals surface area contributed by atoms with Gasteiger partial charge in [0.05, 0.1) is 12.6 Å². The SMILES string of the molecule is CC(C)(C)[S+]([O-])N1CC=CCCC1c1cc(Cl)ccc1Br. The molecular weight excluding hydrogens is 370 g/mol. The van der Waals surface area contributed by atoms with Gasteiger partial charge in [-0.3, -0.25) is 0 Å². The molecule has 0 saturated heterocycles. The molecule has 0 N–H and O–H groups in total. The molecule has 2 rings (SSSR count). The van der Waals surface area contributed by atoms with Crippen LogP contribution >= 0.6 is 27.5 Å². The highest BCUT2D eigenvalue weighted by Gasteiger charge is 2.38. The maximum atomic E-state index is 12.9. The minimum atomic E-state index is -1.06. The fourth-order valence-electron chi connectivity index (χ4n) is 2.44. The third kappa shape index (κ3) is 4.26. The molecule has 0 spiro atoms. The summed E-state index contributed by atoms with van der Waals surface area (Å²) in [5.74, 6) is 0. The molecule has 0 saturated carbocycles. The molecule has 2 atom stereocenters. The van der Waals surface area contributed by atoms with Gasteiger partial charge < -0.3 is 4.55 Å². The zero-order valence-corrected chi connectivity index (χ0v) is 15.8. The second-order valence-electron chi connectivity index (χ2n) is 6.19. The molecule has 1 aromatic carbocycles. The summed E-state index contributed by atoms with van der Waals surface area (Å²) in [6.45, 7) is 6.75. The Kier molecular flexibility index (Phi) is 5.83. The van der Waals surface area contributed by atoms with Crippen molar-refractivity contribution in [1.82, 2.24) is 4.31 Å². The van der Waals surface area contributed by atoms with Gasteiger partial charge in [0.2, 0.25) is 0 Å². The van der Waals surface area contributed by atoms with Crippen LogP contribution in [0.25, 0.3) is 0 Å². The summed E-state index contributed by atoms with van der Waals surface area (Å²) in [7, 11) is 0. The second kappa shape index (κ2) is 7.05. The lowest BCUT2D eigenvalue weighted by atomic mass is 10.0. The lowest BCUT2D eigenvalue weighted by Gasteiger charge is -2.36.